The summed E-state index contributed by atoms with van der Waals surface area (Å²) in [6.45, 7) is 5.11. The van der Waals surface area contributed by atoms with E-state index in [4.69, 9.17) is 4.99 Å². The van der Waals surface area contributed by atoms with Gasteiger partial charge in [0.2, 0.25) is 0 Å². The molecule has 0 aliphatic rings. The SMILES string of the molecule is CCc1nncn1CCNC(=NCc1ccccc1)N(C)Cc1ccccc1. The van der Waals surface area contributed by atoms with E-state index in [0.29, 0.717) is 6.54 Å². The summed E-state index contributed by atoms with van der Waals surface area (Å²) in [7, 11) is 2.07. The van der Waals surface area contributed by atoms with E-state index in [1.807, 2.05) is 24.3 Å². The largest absolute Gasteiger partial charge is 0.354 e. The van der Waals surface area contributed by atoms with Gasteiger partial charge in [0.15, 0.2) is 5.96 Å². The van der Waals surface area contributed by atoms with E-state index in [1.165, 1.54) is 11.1 Å². The van der Waals surface area contributed by atoms with E-state index in [-0.39, 0.29) is 0 Å². The van der Waals surface area contributed by atoms with E-state index in [9.17, 15) is 0 Å². The summed E-state index contributed by atoms with van der Waals surface area (Å²) in [6.07, 6.45) is 2.66. The third-order valence-corrected chi connectivity index (χ3v) is 4.53. The number of benzene rings is 2. The molecule has 0 aliphatic carbocycles. The second-order valence-corrected chi connectivity index (χ2v) is 6.69. The van der Waals surface area contributed by atoms with Crippen molar-refractivity contribution in [2.45, 2.75) is 33.0 Å². The molecule has 1 heterocycles. The van der Waals surface area contributed by atoms with Crippen LogP contribution in [0.5, 0.6) is 0 Å². The van der Waals surface area contributed by atoms with Crippen LogP contribution in [0.15, 0.2) is 72.0 Å². The second-order valence-electron chi connectivity index (χ2n) is 6.69. The first-order valence-corrected chi connectivity index (χ1v) is 9.70. The van der Waals surface area contributed by atoms with Crippen molar-refractivity contribution in [3.8, 4) is 0 Å². The lowest BCUT2D eigenvalue weighted by Crippen LogP contribution is -2.40. The summed E-state index contributed by atoms with van der Waals surface area (Å²) < 4.78 is 2.08. The van der Waals surface area contributed by atoms with Gasteiger partial charge in [0, 0.05) is 33.1 Å². The van der Waals surface area contributed by atoms with Crippen LogP contribution in [-0.4, -0.2) is 39.2 Å². The van der Waals surface area contributed by atoms with E-state index >= 15 is 0 Å². The molecule has 28 heavy (non-hydrogen) atoms. The van der Waals surface area contributed by atoms with E-state index < -0.39 is 0 Å². The molecule has 0 amide bonds. The molecule has 146 valence electrons. The molecule has 6 nitrogen and oxygen atoms in total. The van der Waals surface area contributed by atoms with Crippen molar-refractivity contribution in [3.05, 3.63) is 83.9 Å². The summed E-state index contributed by atoms with van der Waals surface area (Å²) in [4.78, 5) is 7.00. The molecule has 1 N–H and O–H groups in total. The first kappa shape index (κ1) is 19.6. The van der Waals surface area contributed by atoms with E-state index in [1.54, 1.807) is 6.33 Å². The average molecular weight is 377 g/mol. The molecule has 0 saturated heterocycles. The monoisotopic (exact) mass is 376 g/mol. The van der Waals surface area contributed by atoms with Gasteiger partial charge in [0.25, 0.3) is 0 Å². The third kappa shape index (κ3) is 5.67. The highest BCUT2D eigenvalue weighted by Crippen LogP contribution is 2.05. The van der Waals surface area contributed by atoms with Gasteiger partial charge < -0.3 is 14.8 Å². The van der Waals surface area contributed by atoms with Crippen LogP contribution in [0.25, 0.3) is 0 Å². The number of rotatable bonds is 8. The Labute approximate surface area is 166 Å². The molecule has 1 aromatic heterocycles. The highest BCUT2D eigenvalue weighted by molar-refractivity contribution is 5.79. The quantitative estimate of drug-likeness (QED) is 0.485. The molecule has 0 aliphatic heterocycles. The van der Waals surface area contributed by atoms with Gasteiger partial charge in [-0.05, 0) is 11.1 Å². The number of nitrogens with one attached hydrogen (secondary N) is 1. The van der Waals surface area contributed by atoms with Gasteiger partial charge >= 0.3 is 0 Å². The number of hydrogen-bond acceptors (Lipinski definition) is 3. The predicted octanol–water partition coefficient (Wildman–Crippen LogP) is 3.12. The lowest BCUT2D eigenvalue weighted by molar-refractivity contribution is 0.470. The Morgan fingerprint density at radius 1 is 1.04 bits per heavy atom. The maximum atomic E-state index is 4.84. The molecule has 3 aromatic rings. The van der Waals surface area contributed by atoms with Crippen molar-refractivity contribution in [2.24, 2.45) is 4.99 Å². The number of nitrogens with zero attached hydrogens (tertiary/aromatic N) is 5. The molecule has 0 spiro atoms. The van der Waals surface area contributed by atoms with Gasteiger partial charge in [0.05, 0.1) is 6.54 Å². The second kappa shape index (κ2) is 10.3. The fourth-order valence-corrected chi connectivity index (χ4v) is 3.02. The van der Waals surface area contributed by atoms with Gasteiger partial charge in [-0.1, -0.05) is 67.6 Å². The van der Waals surface area contributed by atoms with Crippen LogP contribution in [0.1, 0.15) is 23.9 Å². The van der Waals surface area contributed by atoms with Crippen molar-refractivity contribution in [1.29, 1.82) is 0 Å². The number of aromatic nitrogens is 3. The van der Waals surface area contributed by atoms with E-state index in [2.05, 4.69) is 75.4 Å². The Morgan fingerprint density at radius 3 is 2.39 bits per heavy atom. The summed E-state index contributed by atoms with van der Waals surface area (Å²) >= 11 is 0. The lowest BCUT2D eigenvalue weighted by Gasteiger charge is -2.23. The fourth-order valence-electron chi connectivity index (χ4n) is 3.02. The van der Waals surface area contributed by atoms with E-state index in [0.717, 1.165) is 37.8 Å². The molecule has 0 radical (unpaired) electrons. The molecular weight excluding hydrogens is 348 g/mol. The van der Waals surface area contributed by atoms with Gasteiger partial charge in [-0.3, -0.25) is 0 Å². The molecule has 3 rings (SSSR count). The molecule has 0 bridgehead atoms. The number of aryl methyl sites for hydroxylation is 1. The summed E-state index contributed by atoms with van der Waals surface area (Å²) in [5, 5.41) is 11.6. The minimum absolute atomic E-state index is 0.648. The molecular formula is C22H28N6. The van der Waals surface area contributed by atoms with Crippen molar-refractivity contribution in [2.75, 3.05) is 13.6 Å². The molecule has 0 atom stereocenters. The zero-order chi connectivity index (χ0) is 19.6. The first-order valence-electron chi connectivity index (χ1n) is 9.70. The smallest absolute Gasteiger partial charge is 0.194 e. The minimum atomic E-state index is 0.648. The van der Waals surface area contributed by atoms with Gasteiger partial charge in [-0.15, -0.1) is 10.2 Å². The van der Waals surface area contributed by atoms with Crippen molar-refractivity contribution < 1.29 is 0 Å². The predicted molar refractivity (Wildman–Crippen MR) is 113 cm³/mol. The Kier molecular flexibility index (Phi) is 7.18. The number of aliphatic imine (C=N–C) groups is 1. The summed E-state index contributed by atoms with van der Waals surface area (Å²) in [5.41, 5.74) is 2.45. The molecule has 0 fully saturated rings. The highest BCUT2D eigenvalue weighted by atomic mass is 15.3. The van der Waals surface area contributed by atoms with Crippen LogP contribution >= 0.6 is 0 Å². The van der Waals surface area contributed by atoms with Crippen LogP contribution in [0, 0.1) is 0 Å². The lowest BCUT2D eigenvalue weighted by atomic mass is 10.2. The van der Waals surface area contributed by atoms with Gasteiger partial charge in [0.1, 0.15) is 12.2 Å². The van der Waals surface area contributed by atoms with Crippen molar-refractivity contribution >= 4 is 5.96 Å². The van der Waals surface area contributed by atoms with Crippen LogP contribution in [0.3, 0.4) is 0 Å². The Hall–Kier alpha value is -3.15. The average Bonchev–Trinajstić information content (AvgIpc) is 3.19. The Balaban J connectivity index is 1.66. The molecule has 6 heteroatoms. The number of hydrogen-bond donors (Lipinski definition) is 1. The van der Waals surface area contributed by atoms with Crippen LogP contribution in [0.4, 0.5) is 0 Å². The normalized spacial score (nSPS) is 11.4. The topological polar surface area (TPSA) is 58.3 Å². The van der Waals surface area contributed by atoms with Crippen LogP contribution in [-0.2, 0) is 26.1 Å². The molecule has 2 aromatic carbocycles. The maximum Gasteiger partial charge on any atom is 0.194 e. The van der Waals surface area contributed by atoms with Crippen LogP contribution in [0.2, 0.25) is 0 Å². The maximum absolute atomic E-state index is 4.84. The molecule has 0 unspecified atom stereocenters. The van der Waals surface area contributed by atoms with Crippen molar-refractivity contribution in [3.63, 3.8) is 0 Å². The highest BCUT2D eigenvalue weighted by Gasteiger charge is 2.08. The third-order valence-electron chi connectivity index (χ3n) is 4.53. The summed E-state index contributed by atoms with van der Waals surface area (Å²) in [5.74, 6) is 1.89. The zero-order valence-electron chi connectivity index (χ0n) is 16.6. The zero-order valence-corrected chi connectivity index (χ0v) is 16.6. The standard InChI is InChI=1S/C22H28N6/c1-3-21-26-25-18-28(21)15-14-23-22(24-16-19-10-6-4-7-11-19)27(2)17-20-12-8-5-9-13-20/h4-13,18H,3,14-17H2,1-2H3,(H,23,24). The minimum Gasteiger partial charge on any atom is -0.354 e. The summed E-state index contributed by atoms with van der Waals surface area (Å²) in [6, 6.07) is 20.8. The Morgan fingerprint density at radius 2 is 1.71 bits per heavy atom. The Bertz CT molecular complexity index is 857. The fraction of sp³-hybridized carbons (Fsp3) is 0.318. The van der Waals surface area contributed by atoms with Gasteiger partial charge in [-0.2, -0.15) is 0 Å². The van der Waals surface area contributed by atoms with Gasteiger partial charge in [-0.25, -0.2) is 4.99 Å². The number of guanidine groups is 1. The first-order chi connectivity index (χ1) is 13.8. The molecule has 0 saturated carbocycles. The van der Waals surface area contributed by atoms with Crippen molar-refractivity contribution in [1.82, 2.24) is 25.0 Å². The van der Waals surface area contributed by atoms with Crippen LogP contribution < -0.4 is 5.32 Å².